The van der Waals surface area contributed by atoms with Gasteiger partial charge in [0.1, 0.15) is 0 Å². The molecule has 1 heterocycles. The van der Waals surface area contributed by atoms with E-state index in [0.717, 1.165) is 13.0 Å². The minimum absolute atomic E-state index is 0.0694. The van der Waals surface area contributed by atoms with E-state index in [1.54, 1.807) is 0 Å². The van der Waals surface area contributed by atoms with Crippen molar-refractivity contribution in [3.8, 4) is 0 Å². The van der Waals surface area contributed by atoms with Crippen molar-refractivity contribution in [3.05, 3.63) is 0 Å². The van der Waals surface area contributed by atoms with Crippen LogP contribution in [-0.2, 0) is 4.74 Å². The first kappa shape index (κ1) is 6.05. The summed E-state index contributed by atoms with van der Waals surface area (Å²) in [4.78, 5) is 0. The van der Waals surface area contributed by atoms with Crippen LogP contribution in [0.2, 0.25) is 0 Å². The standard InChI is InChI=1S/C6H13NO/c1-5-6(2,7)3-4-8-5/h5H,3-4,7H2,1-2H3/t5-,6-/m1/s1. The SMILES string of the molecule is C[C@H]1OCC[C@@]1(C)N. The summed E-state index contributed by atoms with van der Waals surface area (Å²) in [5.41, 5.74) is 5.73. The third kappa shape index (κ3) is 0.858. The predicted molar refractivity (Wildman–Crippen MR) is 32.6 cm³/mol. The largest absolute Gasteiger partial charge is 0.377 e. The molecule has 1 aliphatic heterocycles. The Balaban J connectivity index is 2.54. The molecule has 0 aromatic rings. The molecule has 0 bridgehead atoms. The predicted octanol–water partition coefficient (Wildman–Crippen LogP) is 0.513. The molecule has 1 fully saturated rings. The van der Waals surface area contributed by atoms with Gasteiger partial charge in [-0.05, 0) is 20.3 Å². The van der Waals surface area contributed by atoms with Crippen molar-refractivity contribution in [2.45, 2.75) is 31.9 Å². The highest BCUT2D eigenvalue weighted by Gasteiger charge is 2.32. The topological polar surface area (TPSA) is 35.2 Å². The van der Waals surface area contributed by atoms with Gasteiger partial charge in [-0.25, -0.2) is 0 Å². The fraction of sp³-hybridized carbons (Fsp3) is 1.00. The Bertz CT molecular complexity index is 90.5. The summed E-state index contributed by atoms with van der Waals surface area (Å²) in [6, 6.07) is 0. The lowest BCUT2D eigenvalue weighted by Crippen LogP contribution is -2.42. The number of nitrogens with two attached hydrogens (primary N) is 1. The molecule has 1 saturated heterocycles. The first-order valence-corrected chi connectivity index (χ1v) is 3.03. The average Bonchev–Trinajstić information content (AvgIpc) is 1.86. The normalized spacial score (nSPS) is 47.6. The molecule has 2 heteroatoms. The smallest absolute Gasteiger partial charge is 0.0724 e. The first-order chi connectivity index (χ1) is 3.63. The van der Waals surface area contributed by atoms with Crippen LogP contribution < -0.4 is 5.73 Å². The molecule has 2 N–H and O–H groups in total. The number of ether oxygens (including phenoxy) is 1. The summed E-state index contributed by atoms with van der Waals surface area (Å²) in [5, 5.41) is 0. The van der Waals surface area contributed by atoms with Crippen LogP contribution in [0.4, 0.5) is 0 Å². The van der Waals surface area contributed by atoms with Crippen LogP contribution in [0.5, 0.6) is 0 Å². The fourth-order valence-corrected chi connectivity index (χ4v) is 0.849. The molecule has 0 aromatic heterocycles. The third-order valence-corrected chi connectivity index (χ3v) is 1.94. The van der Waals surface area contributed by atoms with Crippen molar-refractivity contribution in [1.29, 1.82) is 0 Å². The van der Waals surface area contributed by atoms with Gasteiger partial charge in [0.25, 0.3) is 0 Å². The van der Waals surface area contributed by atoms with Gasteiger partial charge in [0.05, 0.1) is 6.10 Å². The maximum atomic E-state index is 5.80. The Morgan fingerprint density at radius 2 is 2.38 bits per heavy atom. The summed E-state index contributed by atoms with van der Waals surface area (Å²) >= 11 is 0. The molecule has 0 aliphatic carbocycles. The highest BCUT2D eigenvalue weighted by molar-refractivity contribution is 4.89. The van der Waals surface area contributed by atoms with Gasteiger partial charge < -0.3 is 10.5 Å². The van der Waals surface area contributed by atoms with Crippen LogP contribution in [0.3, 0.4) is 0 Å². The molecule has 48 valence electrons. The molecule has 0 saturated carbocycles. The van der Waals surface area contributed by atoms with E-state index in [0.29, 0.717) is 0 Å². The number of hydrogen-bond acceptors (Lipinski definition) is 2. The van der Waals surface area contributed by atoms with Crippen LogP contribution >= 0.6 is 0 Å². The number of hydrogen-bond donors (Lipinski definition) is 1. The zero-order valence-electron chi connectivity index (χ0n) is 5.48. The van der Waals surface area contributed by atoms with Crippen LogP contribution in [-0.4, -0.2) is 18.2 Å². The molecular formula is C6H13NO. The van der Waals surface area contributed by atoms with Gasteiger partial charge in [0.2, 0.25) is 0 Å². The Morgan fingerprint density at radius 1 is 1.75 bits per heavy atom. The fourth-order valence-electron chi connectivity index (χ4n) is 0.849. The Hall–Kier alpha value is -0.0800. The maximum Gasteiger partial charge on any atom is 0.0724 e. The molecule has 0 amide bonds. The van der Waals surface area contributed by atoms with Gasteiger partial charge in [-0.15, -0.1) is 0 Å². The second kappa shape index (κ2) is 1.71. The maximum absolute atomic E-state index is 5.80. The summed E-state index contributed by atoms with van der Waals surface area (Å²) in [6.07, 6.45) is 1.23. The zero-order chi connectivity index (χ0) is 6.20. The van der Waals surface area contributed by atoms with E-state index in [1.165, 1.54) is 0 Å². The quantitative estimate of drug-likeness (QED) is 0.499. The van der Waals surface area contributed by atoms with E-state index in [2.05, 4.69) is 0 Å². The van der Waals surface area contributed by atoms with E-state index < -0.39 is 0 Å². The lowest BCUT2D eigenvalue weighted by molar-refractivity contribution is 0.100. The lowest BCUT2D eigenvalue weighted by atomic mass is 9.97. The molecule has 1 rings (SSSR count). The van der Waals surface area contributed by atoms with Gasteiger partial charge in [-0.2, -0.15) is 0 Å². The van der Waals surface area contributed by atoms with Crippen LogP contribution in [0.15, 0.2) is 0 Å². The summed E-state index contributed by atoms with van der Waals surface area (Å²) in [6.45, 7) is 4.88. The van der Waals surface area contributed by atoms with Crippen molar-refractivity contribution >= 4 is 0 Å². The van der Waals surface area contributed by atoms with E-state index >= 15 is 0 Å². The Labute approximate surface area is 50.0 Å². The zero-order valence-corrected chi connectivity index (χ0v) is 5.48. The van der Waals surface area contributed by atoms with Gasteiger partial charge in [0, 0.05) is 12.1 Å². The minimum atomic E-state index is -0.0694. The van der Waals surface area contributed by atoms with Crippen LogP contribution in [0.25, 0.3) is 0 Å². The highest BCUT2D eigenvalue weighted by Crippen LogP contribution is 2.21. The molecule has 1 aliphatic rings. The monoisotopic (exact) mass is 115 g/mol. The van der Waals surface area contributed by atoms with Gasteiger partial charge in [-0.1, -0.05) is 0 Å². The second-order valence-electron chi connectivity index (χ2n) is 2.77. The Kier molecular flexibility index (Phi) is 1.29. The molecular weight excluding hydrogens is 102 g/mol. The van der Waals surface area contributed by atoms with E-state index in [9.17, 15) is 0 Å². The van der Waals surface area contributed by atoms with E-state index in [4.69, 9.17) is 10.5 Å². The average molecular weight is 115 g/mol. The van der Waals surface area contributed by atoms with Crippen LogP contribution in [0.1, 0.15) is 20.3 Å². The van der Waals surface area contributed by atoms with Gasteiger partial charge in [0.15, 0.2) is 0 Å². The van der Waals surface area contributed by atoms with Crippen molar-refractivity contribution < 1.29 is 4.74 Å². The second-order valence-corrected chi connectivity index (χ2v) is 2.77. The van der Waals surface area contributed by atoms with Crippen molar-refractivity contribution in [2.24, 2.45) is 5.73 Å². The van der Waals surface area contributed by atoms with Crippen molar-refractivity contribution in [2.75, 3.05) is 6.61 Å². The van der Waals surface area contributed by atoms with Gasteiger partial charge in [-0.3, -0.25) is 0 Å². The minimum Gasteiger partial charge on any atom is -0.377 e. The van der Waals surface area contributed by atoms with Crippen molar-refractivity contribution in [1.82, 2.24) is 0 Å². The van der Waals surface area contributed by atoms with Crippen LogP contribution in [0, 0.1) is 0 Å². The first-order valence-electron chi connectivity index (χ1n) is 3.03. The molecule has 0 unspecified atom stereocenters. The molecule has 2 atom stereocenters. The lowest BCUT2D eigenvalue weighted by Gasteiger charge is -2.20. The molecule has 2 nitrogen and oxygen atoms in total. The summed E-state index contributed by atoms with van der Waals surface area (Å²) < 4.78 is 5.24. The molecule has 0 spiro atoms. The van der Waals surface area contributed by atoms with Crippen molar-refractivity contribution in [3.63, 3.8) is 0 Å². The highest BCUT2D eigenvalue weighted by atomic mass is 16.5. The summed E-state index contributed by atoms with van der Waals surface area (Å²) in [5.74, 6) is 0. The molecule has 0 radical (unpaired) electrons. The van der Waals surface area contributed by atoms with Gasteiger partial charge >= 0.3 is 0 Å². The number of rotatable bonds is 0. The summed E-state index contributed by atoms with van der Waals surface area (Å²) in [7, 11) is 0. The molecule has 0 aromatic carbocycles. The third-order valence-electron chi connectivity index (χ3n) is 1.94. The molecule has 8 heavy (non-hydrogen) atoms. The Morgan fingerprint density at radius 3 is 2.50 bits per heavy atom. The van der Waals surface area contributed by atoms with E-state index in [-0.39, 0.29) is 11.6 Å². The van der Waals surface area contributed by atoms with E-state index in [1.807, 2.05) is 13.8 Å².